The number of nitrogens with zero attached hydrogens (tertiary/aromatic N) is 1. The maximum atomic E-state index is 12.4. The van der Waals surface area contributed by atoms with Crippen LogP contribution in [0.3, 0.4) is 0 Å². The van der Waals surface area contributed by atoms with Gasteiger partial charge in [-0.2, -0.15) is 4.31 Å². The summed E-state index contributed by atoms with van der Waals surface area (Å²) in [4.78, 5) is 34.9. The smallest absolute Gasteiger partial charge is 0.338 e. The number of benzene rings is 1. The van der Waals surface area contributed by atoms with Gasteiger partial charge < -0.3 is 10.1 Å². The molecule has 9 nitrogen and oxygen atoms in total. The zero-order valence-corrected chi connectivity index (χ0v) is 15.3. The molecule has 1 heterocycles. The minimum atomic E-state index is -3.56. The Morgan fingerprint density at radius 2 is 1.69 bits per heavy atom. The molecule has 0 radical (unpaired) electrons. The molecular formula is C16H21N3O6S. The van der Waals surface area contributed by atoms with Gasteiger partial charge in [-0.15, -0.1) is 0 Å². The number of nitrogens with one attached hydrogen (secondary N) is 2. The van der Waals surface area contributed by atoms with Crippen molar-refractivity contribution in [3.05, 3.63) is 29.8 Å². The van der Waals surface area contributed by atoms with Crippen LogP contribution in [0.1, 0.15) is 30.1 Å². The minimum absolute atomic E-state index is 0.0985. The second-order valence-corrected chi connectivity index (χ2v) is 7.69. The zero-order valence-electron chi connectivity index (χ0n) is 14.5. The Labute approximate surface area is 151 Å². The van der Waals surface area contributed by atoms with E-state index in [1.807, 2.05) is 5.32 Å². The molecule has 1 saturated heterocycles. The van der Waals surface area contributed by atoms with Crippen molar-refractivity contribution in [3.63, 3.8) is 0 Å². The van der Waals surface area contributed by atoms with Crippen LogP contribution in [-0.2, 0) is 19.6 Å². The Morgan fingerprint density at radius 1 is 1.12 bits per heavy atom. The summed E-state index contributed by atoms with van der Waals surface area (Å²) in [6, 6.07) is 4.61. The average molecular weight is 383 g/mol. The first-order chi connectivity index (χ1) is 12.3. The Kier molecular flexibility index (Phi) is 6.32. The molecule has 2 rings (SSSR count). The van der Waals surface area contributed by atoms with Crippen molar-refractivity contribution in [1.82, 2.24) is 14.9 Å². The van der Waals surface area contributed by atoms with E-state index in [4.69, 9.17) is 4.74 Å². The summed E-state index contributed by atoms with van der Waals surface area (Å²) in [7, 11) is -2.22. The average Bonchev–Trinajstić information content (AvgIpc) is 3.17. The fraction of sp³-hybridized carbons (Fsp3) is 0.438. The normalized spacial score (nSPS) is 15.9. The fourth-order valence-corrected chi connectivity index (χ4v) is 3.92. The Morgan fingerprint density at radius 3 is 2.23 bits per heavy atom. The molecule has 26 heavy (non-hydrogen) atoms. The van der Waals surface area contributed by atoms with Crippen LogP contribution in [0.15, 0.2) is 29.2 Å². The van der Waals surface area contributed by atoms with Gasteiger partial charge in [-0.25, -0.2) is 18.0 Å². The van der Waals surface area contributed by atoms with Crippen LogP contribution >= 0.6 is 0 Å². The van der Waals surface area contributed by atoms with E-state index in [0.717, 1.165) is 12.8 Å². The van der Waals surface area contributed by atoms with E-state index in [-0.39, 0.29) is 10.5 Å². The highest BCUT2D eigenvalue weighted by atomic mass is 32.2. The molecule has 0 aromatic heterocycles. The monoisotopic (exact) mass is 383 g/mol. The van der Waals surface area contributed by atoms with Gasteiger partial charge in [0, 0.05) is 20.1 Å². The number of carbonyl (C=O) groups is 3. The largest absolute Gasteiger partial charge is 0.449 e. The number of imide groups is 1. The number of carbonyl (C=O) groups excluding carboxylic acids is 3. The minimum Gasteiger partial charge on any atom is -0.449 e. The van der Waals surface area contributed by atoms with Gasteiger partial charge in [-0.3, -0.25) is 10.1 Å². The fourth-order valence-electron chi connectivity index (χ4n) is 2.40. The van der Waals surface area contributed by atoms with Gasteiger partial charge in [0.2, 0.25) is 10.0 Å². The summed E-state index contributed by atoms with van der Waals surface area (Å²) in [6.45, 7) is 2.30. The third-order valence-electron chi connectivity index (χ3n) is 3.91. The number of ether oxygens (including phenoxy) is 1. The van der Waals surface area contributed by atoms with Crippen LogP contribution in [0.25, 0.3) is 0 Å². The summed E-state index contributed by atoms with van der Waals surface area (Å²) in [6.07, 6.45) is 0.479. The molecule has 2 N–H and O–H groups in total. The zero-order chi connectivity index (χ0) is 19.3. The topological polar surface area (TPSA) is 122 Å². The number of urea groups is 1. The summed E-state index contributed by atoms with van der Waals surface area (Å²) >= 11 is 0. The van der Waals surface area contributed by atoms with Crippen molar-refractivity contribution in [1.29, 1.82) is 0 Å². The molecule has 1 aliphatic rings. The molecule has 0 unspecified atom stereocenters. The molecule has 1 aromatic carbocycles. The highest BCUT2D eigenvalue weighted by molar-refractivity contribution is 7.89. The van der Waals surface area contributed by atoms with Gasteiger partial charge in [-0.05, 0) is 44.0 Å². The Bertz CT molecular complexity index is 785. The predicted molar refractivity (Wildman–Crippen MR) is 91.9 cm³/mol. The second-order valence-electron chi connectivity index (χ2n) is 5.75. The highest BCUT2D eigenvalue weighted by Gasteiger charge is 2.27. The van der Waals surface area contributed by atoms with Gasteiger partial charge in [0.1, 0.15) is 0 Å². The predicted octanol–water partition coefficient (Wildman–Crippen LogP) is 0.472. The van der Waals surface area contributed by atoms with Crippen molar-refractivity contribution in [2.24, 2.45) is 0 Å². The van der Waals surface area contributed by atoms with Crippen molar-refractivity contribution in [2.45, 2.75) is 30.8 Å². The van der Waals surface area contributed by atoms with Crippen LogP contribution in [0, 0.1) is 0 Å². The summed E-state index contributed by atoms with van der Waals surface area (Å²) in [5.41, 5.74) is 0.102. The molecule has 142 valence electrons. The SMILES string of the molecule is CNC(=O)NC(=O)[C@H](C)OC(=O)c1ccc(S(=O)(=O)N2CCCC2)cc1. The molecule has 0 bridgehead atoms. The number of amides is 3. The van der Waals surface area contributed by atoms with Crippen molar-refractivity contribution < 1.29 is 27.5 Å². The molecular weight excluding hydrogens is 362 g/mol. The summed E-state index contributed by atoms with van der Waals surface area (Å²) < 4.78 is 31.3. The van der Waals surface area contributed by atoms with Crippen molar-refractivity contribution in [3.8, 4) is 0 Å². The van der Waals surface area contributed by atoms with Crippen LogP contribution in [0.5, 0.6) is 0 Å². The standard InChI is InChI=1S/C16H21N3O6S/c1-11(14(20)18-16(22)17-2)25-15(21)12-5-7-13(8-6-12)26(23,24)19-9-3-4-10-19/h5-8,11H,3-4,9-10H2,1-2H3,(H2,17,18,20,22)/t11-/m0/s1. The van der Waals surface area contributed by atoms with Crippen LogP contribution in [-0.4, -0.2) is 56.9 Å². The Balaban J connectivity index is 2.02. The van der Waals surface area contributed by atoms with E-state index in [9.17, 15) is 22.8 Å². The number of hydrogen-bond donors (Lipinski definition) is 2. The number of esters is 1. The lowest BCUT2D eigenvalue weighted by Gasteiger charge is -2.16. The molecule has 1 fully saturated rings. The van der Waals surface area contributed by atoms with E-state index in [2.05, 4.69) is 5.32 Å². The number of rotatable bonds is 5. The van der Waals surface area contributed by atoms with E-state index in [1.54, 1.807) is 0 Å². The summed E-state index contributed by atoms with van der Waals surface area (Å²) in [5, 5.41) is 4.20. The Hall–Kier alpha value is -2.46. The van der Waals surface area contributed by atoms with E-state index >= 15 is 0 Å². The van der Waals surface area contributed by atoms with Crippen LogP contribution < -0.4 is 10.6 Å². The van der Waals surface area contributed by atoms with E-state index < -0.39 is 34.0 Å². The number of sulfonamides is 1. The lowest BCUT2D eigenvalue weighted by atomic mass is 10.2. The molecule has 1 atom stereocenters. The van der Waals surface area contributed by atoms with E-state index in [1.165, 1.54) is 42.5 Å². The van der Waals surface area contributed by atoms with Gasteiger partial charge >= 0.3 is 12.0 Å². The van der Waals surface area contributed by atoms with Gasteiger partial charge in [0.15, 0.2) is 6.10 Å². The molecule has 10 heteroatoms. The van der Waals surface area contributed by atoms with Crippen LogP contribution in [0.2, 0.25) is 0 Å². The molecule has 0 spiro atoms. The molecule has 1 aromatic rings. The van der Waals surface area contributed by atoms with E-state index in [0.29, 0.717) is 13.1 Å². The lowest BCUT2D eigenvalue weighted by molar-refractivity contribution is -0.127. The van der Waals surface area contributed by atoms with Crippen molar-refractivity contribution >= 4 is 27.9 Å². The lowest BCUT2D eigenvalue weighted by Crippen LogP contribution is -2.43. The first kappa shape index (κ1) is 19.9. The third-order valence-corrected chi connectivity index (χ3v) is 5.82. The quantitative estimate of drug-likeness (QED) is 0.713. The van der Waals surface area contributed by atoms with Gasteiger partial charge in [-0.1, -0.05) is 0 Å². The van der Waals surface area contributed by atoms with Crippen LogP contribution in [0.4, 0.5) is 4.79 Å². The summed E-state index contributed by atoms with van der Waals surface area (Å²) in [5.74, 6) is -1.57. The highest BCUT2D eigenvalue weighted by Crippen LogP contribution is 2.21. The van der Waals surface area contributed by atoms with Crippen molar-refractivity contribution in [2.75, 3.05) is 20.1 Å². The molecule has 0 saturated carbocycles. The molecule has 1 aliphatic heterocycles. The first-order valence-electron chi connectivity index (χ1n) is 8.09. The molecule has 3 amide bonds. The maximum Gasteiger partial charge on any atom is 0.338 e. The number of hydrogen-bond acceptors (Lipinski definition) is 6. The maximum absolute atomic E-state index is 12.4. The third kappa shape index (κ3) is 4.58. The van der Waals surface area contributed by atoms with Gasteiger partial charge in [0.25, 0.3) is 5.91 Å². The van der Waals surface area contributed by atoms with Gasteiger partial charge in [0.05, 0.1) is 10.5 Å². The first-order valence-corrected chi connectivity index (χ1v) is 9.53. The second kappa shape index (κ2) is 8.28. The molecule has 0 aliphatic carbocycles.